The van der Waals surface area contributed by atoms with E-state index in [9.17, 15) is 4.79 Å². The molecule has 2 aromatic rings. The van der Waals surface area contributed by atoms with Crippen LogP contribution in [0, 0.1) is 20.8 Å². The quantitative estimate of drug-likeness (QED) is 0.636. The van der Waals surface area contributed by atoms with E-state index in [1.54, 1.807) is 0 Å². The highest BCUT2D eigenvalue weighted by Crippen LogP contribution is 2.23. The molecule has 0 aliphatic carbocycles. The molecule has 0 aromatic carbocycles. The molecule has 0 unspecified atom stereocenters. The van der Waals surface area contributed by atoms with Crippen molar-refractivity contribution in [2.24, 2.45) is 0 Å². The summed E-state index contributed by atoms with van der Waals surface area (Å²) in [6.07, 6.45) is 0. The van der Waals surface area contributed by atoms with Crippen LogP contribution in [0.5, 0.6) is 0 Å². The largest absolute Gasteiger partial charge is 0.293 e. The maximum absolute atomic E-state index is 11.7. The van der Waals surface area contributed by atoms with Gasteiger partial charge in [0, 0.05) is 17.0 Å². The molecule has 0 amide bonds. The van der Waals surface area contributed by atoms with Gasteiger partial charge in [-0.15, -0.1) is 21.8 Å². The van der Waals surface area contributed by atoms with Gasteiger partial charge in [0.05, 0.1) is 5.88 Å². The van der Waals surface area contributed by atoms with Crippen LogP contribution in [0.2, 0.25) is 0 Å². The number of carbonyl (C=O) groups is 1. The summed E-state index contributed by atoms with van der Waals surface area (Å²) in [6, 6.07) is 1.84. The summed E-state index contributed by atoms with van der Waals surface area (Å²) in [5.74, 6) is -0.0633. The second kappa shape index (κ2) is 4.58. The highest BCUT2D eigenvalue weighted by atomic mass is 35.5. The molecule has 0 bridgehead atoms. The van der Waals surface area contributed by atoms with Crippen LogP contribution in [-0.4, -0.2) is 26.4 Å². The number of halogens is 1. The Labute approximate surface area is 108 Å². The number of rotatable bonds is 3. The van der Waals surface area contributed by atoms with Gasteiger partial charge in [0.1, 0.15) is 5.01 Å². The Morgan fingerprint density at radius 3 is 2.65 bits per heavy atom. The number of aryl methyl sites for hydroxylation is 2. The van der Waals surface area contributed by atoms with Gasteiger partial charge in [-0.3, -0.25) is 9.36 Å². The zero-order chi connectivity index (χ0) is 12.6. The van der Waals surface area contributed by atoms with E-state index in [4.69, 9.17) is 11.6 Å². The molecule has 0 aliphatic rings. The Morgan fingerprint density at radius 1 is 1.41 bits per heavy atom. The number of carbonyl (C=O) groups excluding carboxylic acids is 1. The van der Waals surface area contributed by atoms with E-state index in [1.807, 2.05) is 31.4 Å². The predicted octanol–water partition coefficient (Wildman–Crippen LogP) is 2.68. The SMILES string of the molecule is Cc1nnc(-n2c(C)cc(C(=O)CCl)c2C)s1. The molecule has 2 rings (SSSR count). The highest BCUT2D eigenvalue weighted by Gasteiger charge is 2.17. The fourth-order valence-corrected chi connectivity index (χ4v) is 2.73. The first-order chi connectivity index (χ1) is 8.04. The summed E-state index contributed by atoms with van der Waals surface area (Å²) in [4.78, 5) is 11.7. The number of Topliss-reactive ketones (excluding diaryl/α,β-unsaturated/α-hetero) is 1. The number of alkyl halides is 1. The summed E-state index contributed by atoms with van der Waals surface area (Å²) in [5.41, 5.74) is 2.49. The molecule has 0 saturated heterocycles. The van der Waals surface area contributed by atoms with Crippen molar-refractivity contribution in [3.8, 4) is 5.13 Å². The molecule has 0 spiro atoms. The van der Waals surface area contributed by atoms with Gasteiger partial charge in [-0.25, -0.2) is 0 Å². The van der Waals surface area contributed by atoms with Gasteiger partial charge < -0.3 is 0 Å². The van der Waals surface area contributed by atoms with Gasteiger partial charge in [0.25, 0.3) is 0 Å². The third-order valence-electron chi connectivity index (χ3n) is 2.56. The number of hydrogen-bond donors (Lipinski definition) is 0. The van der Waals surface area contributed by atoms with Crippen LogP contribution in [0.4, 0.5) is 0 Å². The number of nitrogens with zero attached hydrogens (tertiary/aromatic N) is 3. The minimum Gasteiger partial charge on any atom is -0.293 e. The minimum absolute atomic E-state index is 0.000555. The standard InChI is InChI=1S/C11H12ClN3OS/c1-6-4-9(10(16)5-12)7(2)15(6)11-14-13-8(3)17-11/h4H,5H2,1-3H3. The van der Waals surface area contributed by atoms with Crippen molar-refractivity contribution in [2.45, 2.75) is 20.8 Å². The average molecular weight is 270 g/mol. The van der Waals surface area contributed by atoms with Crippen LogP contribution < -0.4 is 0 Å². The van der Waals surface area contributed by atoms with E-state index in [0.29, 0.717) is 5.56 Å². The molecule has 4 nitrogen and oxygen atoms in total. The molecular formula is C11H12ClN3OS. The van der Waals surface area contributed by atoms with E-state index >= 15 is 0 Å². The Balaban J connectivity index is 2.56. The highest BCUT2D eigenvalue weighted by molar-refractivity contribution is 7.13. The first-order valence-corrected chi connectivity index (χ1v) is 6.48. The Morgan fingerprint density at radius 2 is 2.12 bits per heavy atom. The van der Waals surface area contributed by atoms with E-state index in [-0.39, 0.29) is 11.7 Å². The fraction of sp³-hybridized carbons (Fsp3) is 0.364. The third kappa shape index (κ3) is 2.12. The van der Waals surface area contributed by atoms with Crippen molar-refractivity contribution in [1.82, 2.24) is 14.8 Å². The normalized spacial score (nSPS) is 10.8. The molecule has 0 aliphatic heterocycles. The smallest absolute Gasteiger partial charge is 0.216 e. The fourth-order valence-electron chi connectivity index (χ4n) is 1.79. The van der Waals surface area contributed by atoms with Crippen LogP contribution in [0.25, 0.3) is 5.13 Å². The molecule has 0 atom stereocenters. The number of hydrogen-bond acceptors (Lipinski definition) is 4. The lowest BCUT2D eigenvalue weighted by Crippen LogP contribution is -2.04. The van der Waals surface area contributed by atoms with Gasteiger partial charge in [-0.05, 0) is 26.8 Å². The Hall–Kier alpha value is -1.20. The summed E-state index contributed by atoms with van der Waals surface area (Å²) in [5, 5.41) is 9.76. The molecule has 0 fully saturated rings. The molecule has 0 N–H and O–H groups in total. The molecule has 17 heavy (non-hydrogen) atoms. The van der Waals surface area contributed by atoms with Crippen LogP contribution >= 0.6 is 22.9 Å². The zero-order valence-electron chi connectivity index (χ0n) is 9.82. The second-order valence-corrected chi connectivity index (χ2v) is 5.21. The van der Waals surface area contributed by atoms with Crippen LogP contribution in [-0.2, 0) is 0 Å². The van der Waals surface area contributed by atoms with Gasteiger partial charge in [-0.1, -0.05) is 11.3 Å². The van der Waals surface area contributed by atoms with Crippen molar-refractivity contribution in [2.75, 3.05) is 5.88 Å². The third-order valence-corrected chi connectivity index (χ3v) is 3.63. The summed E-state index contributed by atoms with van der Waals surface area (Å²) in [6.45, 7) is 5.73. The van der Waals surface area contributed by atoms with Crippen molar-refractivity contribution < 1.29 is 4.79 Å². The molecule has 6 heteroatoms. The summed E-state index contributed by atoms with van der Waals surface area (Å²) >= 11 is 7.08. The molecule has 90 valence electrons. The minimum atomic E-state index is -0.0627. The first-order valence-electron chi connectivity index (χ1n) is 5.13. The summed E-state index contributed by atoms with van der Waals surface area (Å²) in [7, 11) is 0. The Kier molecular flexibility index (Phi) is 3.31. The van der Waals surface area contributed by atoms with Gasteiger partial charge in [0.2, 0.25) is 5.13 Å². The van der Waals surface area contributed by atoms with E-state index in [0.717, 1.165) is 21.5 Å². The first kappa shape index (κ1) is 12.3. The number of aromatic nitrogens is 3. The monoisotopic (exact) mass is 269 g/mol. The molecule has 2 aromatic heterocycles. The van der Waals surface area contributed by atoms with Crippen molar-refractivity contribution in [3.05, 3.63) is 28.0 Å². The second-order valence-electron chi connectivity index (χ2n) is 3.78. The average Bonchev–Trinajstić information content (AvgIpc) is 2.82. The molecule has 0 saturated carbocycles. The lowest BCUT2D eigenvalue weighted by atomic mass is 10.2. The number of ketones is 1. The lowest BCUT2D eigenvalue weighted by molar-refractivity contribution is 0.102. The molecule has 2 heterocycles. The van der Waals surface area contributed by atoms with Crippen LogP contribution in [0.3, 0.4) is 0 Å². The van der Waals surface area contributed by atoms with Gasteiger partial charge >= 0.3 is 0 Å². The van der Waals surface area contributed by atoms with Gasteiger partial charge in [0.15, 0.2) is 5.78 Å². The maximum Gasteiger partial charge on any atom is 0.216 e. The van der Waals surface area contributed by atoms with E-state index in [1.165, 1.54) is 11.3 Å². The van der Waals surface area contributed by atoms with Crippen molar-refractivity contribution >= 4 is 28.7 Å². The Bertz CT molecular complexity index is 573. The summed E-state index contributed by atoms with van der Waals surface area (Å²) < 4.78 is 1.93. The van der Waals surface area contributed by atoms with Crippen LogP contribution in [0.1, 0.15) is 26.8 Å². The van der Waals surface area contributed by atoms with Crippen molar-refractivity contribution in [3.63, 3.8) is 0 Å². The molecule has 0 radical (unpaired) electrons. The van der Waals surface area contributed by atoms with E-state index in [2.05, 4.69) is 10.2 Å². The van der Waals surface area contributed by atoms with E-state index < -0.39 is 0 Å². The zero-order valence-corrected chi connectivity index (χ0v) is 11.4. The van der Waals surface area contributed by atoms with Gasteiger partial charge in [-0.2, -0.15) is 0 Å². The lowest BCUT2D eigenvalue weighted by Gasteiger charge is -2.03. The van der Waals surface area contributed by atoms with Crippen molar-refractivity contribution in [1.29, 1.82) is 0 Å². The van der Waals surface area contributed by atoms with Crippen LogP contribution in [0.15, 0.2) is 6.07 Å². The maximum atomic E-state index is 11.7. The predicted molar refractivity (Wildman–Crippen MR) is 68.5 cm³/mol. The molecular weight excluding hydrogens is 258 g/mol. The topological polar surface area (TPSA) is 47.8 Å².